The number of nitrogens with one attached hydrogen (secondary N) is 1. The molecule has 0 radical (unpaired) electrons. The van der Waals surface area contributed by atoms with Gasteiger partial charge in [-0.05, 0) is 62.4 Å². The van der Waals surface area contributed by atoms with Crippen LogP contribution >= 0.6 is 0 Å². The molecular formula is C35H45F3N6O4. The van der Waals surface area contributed by atoms with Crippen molar-refractivity contribution in [3.05, 3.63) is 65.2 Å². The highest BCUT2D eigenvalue weighted by atomic mass is 19.4. The summed E-state index contributed by atoms with van der Waals surface area (Å²) in [6, 6.07) is 12.7. The lowest BCUT2D eigenvalue weighted by atomic mass is 10.00. The molecule has 1 atom stereocenters. The molecule has 3 fully saturated rings. The molecule has 2 aromatic carbocycles. The topological polar surface area (TPSA) is 88.7 Å². The number of benzene rings is 2. The van der Waals surface area contributed by atoms with Gasteiger partial charge in [0.15, 0.2) is 6.10 Å². The van der Waals surface area contributed by atoms with E-state index >= 15 is 0 Å². The number of nitrogens with zero attached hydrogens (tertiary/aromatic N) is 5. The van der Waals surface area contributed by atoms with Gasteiger partial charge >= 0.3 is 18.3 Å². The van der Waals surface area contributed by atoms with E-state index in [1.807, 2.05) is 29.2 Å². The quantitative estimate of drug-likeness (QED) is 0.486. The molecule has 13 heteroatoms. The largest absolute Gasteiger partial charge is 0.436 e. The zero-order chi connectivity index (χ0) is 33.8. The zero-order valence-electron chi connectivity index (χ0n) is 27.5. The smallest absolute Gasteiger partial charge is 0.416 e. The first-order valence-corrected chi connectivity index (χ1v) is 17.0. The molecule has 0 saturated carbocycles. The highest BCUT2D eigenvalue weighted by Gasteiger charge is 2.37. The Labute approximate surface area is 279 Å². The molecule has 48 heavy (non-hydrogen) atoms. The number of piperidine rings is 2. The number of fused-ring (bicyclic) bond motifs is 1. The number of piperazine rings is 1. The monoisotopic (exact) mass is 670 g/mol. The number of likely N-dealkylation sites (tertiary alicyclic amines) is 2. The Morgan fingerprint density at radius 3 is 2.23 bits per heavy atom. The summed E-state index contributed by atoms with van der Waals surface area (Å²) in [6.07, 6.45) is -3.21. The van der Waals surface area contributed by atoms with Crippen molar-refractivity contribution in [2.45, 2.75) is 62.9 Å². The van der Waals surface area contributed by atoms with Gasteiger partial charge in [0.2, 0.25) is 0 Å². The number of likely N-dealkylation sites (N-methyl/N-ethyl adjacent to an activating group) is 1. The summed E-state index contributed by atoms with van der Waals surface area (Å²) >= 11 is 0. The molecule has 0 aromatic heterocycles. The summed E-state index contributed by atoms with van der Waals surface area (Å²) in [5.41, 5.74) is 1.35. The minimum absolute atomic E-state index is 0.0625. The number of halogens is 3. The second-order valence-corrected chi connectivity index (χ2v) is 13.4. The van der Waals surface area contributed by atoms with Crippen molar-refractivity contribution in [1.82, 2.24) is 24.5 Å². The average molecular weight is 671 g/mol. The molecule has 6 rings (SSSR count). The van der Waals surface area contributed by atoms with E-state index in [-0.39, 0.29) is 30.0 Å². The van der Waals surface area contributed by atoms with Crippen LogP contribution in [0.25, 0.3) is 0 Å². The Bertz CT molecular complexity index is 1450. The van der Waals surface area contributed by atoms with E-state index in [0.29, 0.717) is 51.6 Å². The van der Waals surface area contributed by atoms with E-state index in [9.17, 15) is 27.6 Å². The van der Waals surface area contributed by atoms with E-state index in [4.69, 9.17) is 4.74 Å². The Kier molecular flexibility index (Phi) is 10.4. The van der Waals surface area contributed by atoms with Gasteiger partial charge in [0, 0.05) is 83.1 Å². The van der Waals surface area contributed by atoms with Gasteiger partial charge in [-0.1, -0.05) is 36.4 Å². The number of rotatable bonds is 6. The first-order valence-electron chi connectivity index (χ1n) is 17.0. The number of anilines is 1. The van der Waals surface area contributed by atoms with Crippen LogP contribution < -0.4 is 5.32 Å². The summed E-state index contributed by atoms with van der Waals surface area (Å²) in [5, 5.41) is 3.00. The molecule has 0 bridgehead atoms. The molecule has 4 amide bonds. The summed E-state index contributed by atoms with van der Waals surface area (Å²) in [5.74, 6) is -0.381. The number of carbonyl (C=O) groups is 3. The maximum absolute atomic E-state index is 13.9. The van der Waals surface area contributed by atoms with Crippen molar-refractivity contribution in [2.75, 3.05) is 71.3 Å². The van der Waals surface area contributed by atoms with Crippen LogP contribution in [0.3, 0.4) is 0 Å². The number of para-hydroxylation sites is 1. The number of alkyl halides is 3. The van der Waals surface area contributed by atoms with Gasteiger partial charge in [-0.25, -0.2) is 9.59 Å². The van der Waals surface area contributed by atoms with Crippen LogP contribution in [0.5, 0.6) is 0 Å². The molecule has 260 valence electrons. The predicted octanol–water partition coefficient (Wildman–Crippen LogP) is 4.55. The molecule has 3 saturated heterocycles. The molecule has 10 nitrogen and oxygen atoms in total. The van der Waals surface area contributed by atoms with E-state index in [0.717, 1.165) is 68.8 Å². The molecule has 0 aliphatic carbocycles. The second-order valence-electron chi connectivity index (χ2n) is 13.4. The van der Waals surface area contributed by atoms with Gasteiger partial charge in [0.05, 0.1) is 5.56 Å². The van der Waals surface area contributed by atoms with Gasteiger partial charge in [0.25, 0.3) is 5.91 Å². The first kappa shape index (κ1) is 34.0. The highest BCUT2D eigenvalue weighted by Crippen LogP contribution is 2.31. The Morgan fingerprint density at radius 2 is 1.52 bits per heavy atom. The maximum atomic E-state index is 13.9. The Morgan fingerprint density at radius 1 is 0.854 bits per heavy atom. The molecular weight excluding hydrogens is 625 g/mol. The number of hydrogen-bond donors (Lipinski definition) is 1. The average Bonchev–Trinajstić information content (AvgIpc) is 3.26. The second kappa shape index (κ2) is 14.7. The van der Waals surface area contributed by atoms with E-state index in [2.05, 4.69) is 22.2 Å². The Balaban J connectivity index is 1.09. The summed E-state index contributed by atoms with van der Waals surface area (Å²) in [7, 11) is 2.11. The summed E-state index contributed by atoms with van der Waals surface area (Å²) in [4.78, 5) is 50.3. The van der Waals surface area contributed by atoms with E-state index in [1.54, 1.807) is 4.90 Å². The normalized spacial score (nSPS) is 21.3. The zero-order valence-corrected chi connectivity index (χ0v) is 27.5. The maximum Gasteiger partial charge on any atom is 0.416 e. The summed E-state index contributed by atoms with van der Waals surface area (Å²) in [6.45, 7) is 6.21. The number of urea groups is 1. The third-order valence-electron chi connectivity index (χ3n) is 10.3. The fourth-order valence-corrected chi connectivity index (χ4v) is 7.40. The summed E-state index contributed by atoms with van der Waals surface area (Å²) < 4.78 is 46.4. The van der Waals surface area contributed by atoms with Crippen molar-refractivity contribution in [2.24, 2.45) is 0 Å². The van der Waals surface area contributed by atoms with Gasteiger partial charge in [-0.3, -0.25) is 9.69 Å². The van der Waals surface area contributed by atoms with Crippen molar-refractivity contribution in [3.8, 4) is 0 Å². The lowest BCUT2D eigenvalue weighted by molar-refractivity contribution is -0.142. The molecule has 4 heterocycles. The minimum atomic E-state index is -4.53. The van der Waals surface area contributed by atoms with Gasteiger partial charge in [-0.2, -0.15) is 13.2 Å². The molecule has 1 unspecified atom stereocenters. The molecule has 1 N–H and O–H groups in total. The van der Waals surface area contributed by atoms with E-state index < -0.39 is 23.9 Å². The number of amides is 4. The van der Waals surface area contributed by atoms with Crippen LogP contribution in [0.2, 0.25) is 0 Å². The van der Waals surface area contributed by atoms with Gasteiger partial charge in [-0.15, -0.1) is 0 Å². The molecule has 2 aromatic rings. The van der Waals surface area contributed by atoms with Crippen molar-refractivity contribution in [3.63, 3.8) is 0 Å². The number of hydrogen-bond acceptors (Lipinski definition) is 6. The van der Waals surface area contributed by atoms with Crippen LogP contribution in [-0.2, 0) is 28.5 Å². The number of carbonyl (C=O) groups excluding carboxylic acids is 3. The molecule has 4 aliphatic heterocycles. The lowest BCUT2D eigenvalue weighted by Crippen LogP contribution is -2.54. The van der Waals surface area contributed by atoms with Crippen molar-refractivity contribution < 1.29 is 32.3 Å². The number of ether oxygens (including phenoxy) is 1. The van der Waals surface area contributed by atoms with Crippen LogP contribution in [-0.4, -0.2) is 127 Å². The SMILES string of the molecule is CN1CCN(C2CCN(C(=O)C(Cc3cccc(C(F)(F)F)c3)OC(=O)N3CCC(N4CCc5ccccc5NC4=O)CC3)CC2)CC1. The fourth-order valence-electron chi connectivity index (χ4n) is 7.40. The van der Waals surface area contributed by atoms with Crippen LogP contribution in [0, 0.1) is 0 Å². The van der Waals surface area contributed by atoms with Crippen LogP contribution in [0.15, 0.2) is 48.5 Å². The third kappa shape index (κ3) is 8.06. The lowest BCUT2D eigenvalue weighted by Gasteiger charge is -2.42. The predicted molar refractivity (Wildman–Crippen MR) is 175 cm³/mol. The van der Waals surface area contributed by atoms with Crippen molar-refractivity contribution >= 4 is 23.7 Å². The highest BCUT2D eigenvalue weighted by molar-refractivity contribution is 5.91. The Hall–Kier alpha value is -3.84. The van der Waals surface area contributed by atoms with E-state index in [1.165, 1.54) is 17.0 Å². The minimum Gasteiger partial charge on any atom is -0.436 e. The third-order valence-corrected chi connectivity index (χ3v) is 10.3. The fraction of sp³-hybridized carbons (Fsp3) is 0.571. The first-order chi connectivity index (χ1) is 23.0. The van der Waals surface area contributed by atoms with Crippen LogP contribution in [0.1, 0.15) is 42.4 Å². The van der Waals surface area contributed by atoms with Gasteiger partial charge in [0.1, 0.15) is 0 Å². The molecule has 4 aliphatic rings. The molecule has 0 spiro atoms. The van der Waals surface area contributed by atoms with Gasteiger partial charge < -0.3 is 29.7 Å². The van der Waals surface area contributed by atoms with Crippen LogP contribution in [0.4, 0.5) is 28.4 Å². The standard InChI is InChI=1S/C35H45F3N6O4/c1-40-19-21-41(22-20-40)28-10-14-42(15-11-28)32(45)31(24-25-5-4-7-27(23-25)35(36,37)38)48-34(47)43-16-12-29(13-17-43)44-18-9-26-6-2-3-8-30(26)39-33(44)46/h2-8,23,28-29,31H,9-22,24H2,1H3,(H,39,46). The van der Waals surface area contributed by atoms with Crippen molar-refractivity contribution in [1.29, 1.82) is 0 Å².